The zero-order valence-corrected chi connectivity index (χ0v) is 13.6. The van der Waals surface area contributed by atoms with Gasteiger partial charge in [0, 0.05) is 29.9 Å². The van der Waals surface area contributed by atoms with E-state index in [1.165, 1.54) is 6.07 Å². The van der Waals surface area contributed by atoms with E-state index in [9.17, 15) is 13.5 Å². The van der Waals surface area contributed by atoms with Gasteiger partial charge in [-0.1, -0.05) is 13.0 Å². The predicted molar refractivity (Wildman–Crippen MR) is 83.9 cm³/mol. The van der Waals surface area contributed by atoms with Gasteiger partial charge in [-0.2, -0.15) is 0 Å². The van der Waals surface area contributed by atoms with E-state index < -0.39 is 10.0 Å². The topological polar surface area (TPSA) is 71.3 Å². The minimum absolute atomic E-state index is 0.162. The van der Waals surface area contributed by atoms with E-state index >= 15 is 0 Å². The molecule has 116 valence electrons. The number of rotatable bonds is 8. The fraction of sp³-hybridized carbons (Fsp3) is 0.429. The van der Waals surface area contributed by atoms with Gasteiger partial charge in [0.25, 0.3) is 0 Å². The first-order valence-corrected chi connectivity index (χ1v) is 9.25. The summed E-state index contributed by atoms with van der Waals surface area (Å²) < 4.78 is 28.9. The Labute approximate surface area is 129 Å². The summed E-state index contributed by atoms with van der Waals surface area (Å²) in [5, 5.41) is 11.3. The van der Waals surface area contributed by atoms with E-state index in [0.29, 0.717) is 25.2 Å². The summed E-state index contributed by atoms with van der Waals surface area (Å²) in [4.78, 5) is 1.36. The lowest BCUT2D eigenvalue weighted by atomic mass is 10.3. The van der Waals surface area contributed by atoms with Gasteiger partial charge in [-0.05, 0) is 30.4 Å². The van der Waals surface area contributed by atoms with E-state index in [0.717, 1.165) is 11.3 Å². The molecule has 0 aliphatic rings. The SMILES string of the molecule is CCCn1cc(S(=O)(=O)NCCc2cccs2)cc1CO. The zero-order valence-electron chi connectivity index (χ0n) is 11.9. The molecular formula is C14H20N2O3S2. The third kappa shape index (κ3) is 4.16. The number of nitrogens with one attached hydrogen (secondary N) is 1. The lowest BCUT2D eigenvalue weighted by molar-refractivity contribution is 0.270. The minimum Gasteiger partial charge on any atom is -0.390 e. The number of aliphatic hydroxyl groups excluding tert-OH is 1. The smallest absolute Gasteiger partial charge is 0.242 e. The summed E-state index contributed by atoms with van der Waals surface area (Å²) in [6.07, 6.45) is 3.15. The van der Waals surface area contributed by atoms with Gasteiger partial charge in [0.15, 0.2) is 0 Å². The van der Waals surface area contributed by atoms with Crippen molar-refractivity contribution in [3.8, 4) is 0 Å². The van der Waals surface area contributed by atoms with E-state index in [1.807, 2.05) is 24.4 Å². The Morgan fingerprint density at radius 3 is 2.86 bits per heavy atom. The number of aryl methyl sites for hydroxylation is 1. The highest BCUT2D eigenvalue weighted by atomic mass is 32.2. The number of hydrogen-bond donors (Lipinski definition) is 2. The molecule has 0 unspecified atom stereocenters. The summed E-state index contributed by atoms with van der Waals surface area (Å²) in [6.45, 7) is 2.91. The van der Waals surface area contributed by atoms with Crippen molar-refractivity contribution in [1.29, 1.82) is 0 Å². The van der Waals surface area contributed by atoms with Crippen molar-refractivity contribution in [2.24, 2.45) is 0 Å². The molecule has 0 aliphatic heterocycles. The summed E-state index contributed by atoms with van der Waals surface area (Å²) in [5.41, 5.74) is 0.621. The molecule has 7 heteroatoms. The second-order valence-corrected chi connectivity index (χ2v) is 7.54. The predicted octanol–water partition coefficient (Wildman–Crippen LogP) is 1.97. The Bertz CT molecular complexity index is 660. The molecule has 0 saturated heterocycles. The maximum absolute atomic E-state index is 12.2. The monoisotopic (exact) mass is 328 g/mol. The van der Waals surface area contributed by atoms with E-state index in [-0.39, 0.29) is 11.5 Å². The van der Waals surface area contributed by atoms with Crippen LogP contribution in [0.1, 0.15) is 23.9 Å². The van der Waals surface area contributed by atoms with Crippen LogP contribution in [0, 0.1) is 0 Å². The highest BCUT2D eigenvalue weighted by Crippen LogP contribution is 2.15. The van der Waals surface area contributed by atoms with Crippen LogP contribution in [-0.2, 0) is 29.6 Å². The maximum Gasteiger partial charge on any atom is 0.242 e. The van der Waals surface area contributed by atoms with Gasteiger partial charge in [-0.25, -0.2) is 13.1 Å². The Balaban J connectivity index is 2.04. The van der Waals surface area contributed by atoms with Crippen LogP contribution < -0.4 is 4.72 Å². The van der Waals surface area contributed by atoms with E-state index in [4.69, 9.17) is 0 Å². The van der Waals surface area contributed by atoms with Gasteiger partial charge in [-0.3, -0.25) is 0 Å². The van der Waals surface area contributed by atoms with Gasteiger partial charge in [0.1, 0.15) is 0 Å². The number of sulfonamides is 1. The van der Waals surface area contributed by atoms with Crippen LogP contribution in [0.4, 0.5) is 0 Å². The number of aliphatic hydroxyl groups is 1. The van der Waals surface area contributed by atoms with Crippen molar-refractivity contribution in [2.75, 3.05) is 6.54 Å². The Kier molecular flexibility index (Phi) is 5.58. The third-order valence-corrected chi connectivity index (χ3v) is 5.51. The van der Waals surface area contributed by atoms with Crippen LogP contribution in [0.2, 0.25) is 0 Å². The third-order valence-electron chi connectivity index (χ3n) is 3.14. The Morgan fingerprint density at radius 1 is 1.43 bits per heavy atom. The fourth-order valence-electron chi connectivity index (χ4n) is 2.10. The summed E-state index contributed by atoms with van der Waals surface area (Å²) in [7, 11) is -3.52. The average molecular weight is 328 g/mol. The van der Waals surface area contributed by atoms with Crippen molar-refractivity contribution in [1.82, 2.24) is 9.29 Å². The van der Waals surface area contributed by atoms with Gasteiger partial charge < -0.3 is 9.67 Å². The molecule has 0 radical (unpaired) electrons. The molecule has 0 saturated carbocycles. The van der Waals surface area contributed by atoms with Crippen LogP contribution in [0.15, 0.2) is 34.7 Å². The van der Waals surface area contributed by atoms with Crippen molar-refractivity contribution in [3.05, 3.63) is 40.3 Å². The minimum atomic E-state index is -3.52. The molecule has 0 fully saturated rings. The summed E-state index contributed by atoms with van der Waals surface area (Å²) >= 11 is 1.61. The molecule has 2 aromatic heterocycles. The molecule has 0 aromatic carbocycles. The van der Waals surface area contributed by atoms with Gasteiger partial charge in [-0.15, -0.1) is 11.3 Å². The molecule has 0 amide bonds. The number of aromatic nitrogens is 1. The average Bonchev–Trinajstić information content (AvgIpc) is 3.08. The Hall–Kier alpha value is -1.15. The second-order valence-electron chi connectivity index (χ2n) is 4.75. The number of thiophene rings is 1. The van der Waals surface area contributed by atoms with Crippen LogP contribution >= 0.6 is 11.3 Å². The standard InChI is InChI=1S/C14H20N2O3S2/c1-2-7-16-10-14(9-12(16)11-17)21(18,19)15-6-5-13-4-3-8-20-13/h3-4,8-10,15,17H,2,5-7,11H2,1H3. The van der Waals surface area contributed by atoms with Gasteiger partial charge in [0.05, 0.1) is 11.5 Å². The van der Waals surface area contributed by atoms with Gasteiger partial charge >= 0.3 is 0 Å². The normalized spacial score (nSPS) is 11.9. The first-order chi connectivity index (χ1) is 10.1. The molecule has 0 spiro atoms. The van der Waals surface area contributed by atoms with Crippen molar-refractivity contribution < 1.29 is 13.5 Å². The van der Waals surface area contributed by atoms with Crippen molar-refractivity contribution in [3.63, 3.8) is 0 Å². The molecule has 21 heavy (non-hydrogen) atoms. The number of nitrogens with zero attached hydrogens (tertiary/aromatic N) is 1. The van der Waals surface area contributed by atoms with E-state index in [2.05, 4.69) is 4.72 Å². The zero-order chi connectivity index (χ0) is 15.3. The van der Waals surface area contributed by atoms with Crippen LogP contribution in [0.3, 0.4) is 0 Å². The first-order valence-electron chi connectivity index (χ1n) is 6.88. The number of hydrogen-bond acceptors (Lipinski definition) is 4. The van der Waals surface area contributed by atoms with Crippen LogP contribution in [-0.4, -0.2) is 24.6 Å². The molecule has 0 atom stereocenters. The molecule has 0 aliphatic carbocycles. The fourth-order valence-corrected chi connectivity index (χ4v) is 3.90. The lowest BCUT2D eigenvalue weighted by Crippen LogP contribution is -2.25. The van der Waals surface area contributed by atoms with E-state index in [1.54, 1.807) is 22.1 Å². The molecule has 2 heterocycles. The van der Waals surface area contributed by atoms with Crippen molar-refractivity contribution in [2.45, 2.75) is 37.8 Å². The summed E-state index contributed by atoms with van der Waals surface area (Å²) in [5.74, 6) is 0. The highest BCUT2D eigenvalue weighted by Gasteiger charge is 2.17. The second kappa shape index (κ2) is 7.22. The molecule has 5 nitrogen and oxygen atoms in total. The molecule has 2 aromatic rings. The lowest BCUT2D eigenvalue weighted by Gasteiger charge is -2.04. The van der Waals surface area contributed by atoms with Gasteiger partial charge in [0.2, 0.25) is 10.0 Å². The molecular weight excluding hydrogens is 308 g/mol. The highest BCUT2D eigenvalue weighted by molar-refractivity contribution is 7.89. The van der Waals surface area contributed by atoms with Crippen LogP contribution in [0.5, 0.6) is 0 Å². The first kappa shape index (κ1) is 16.2. The van der Waals surface area contributed by atoms with Crippen LogP contribution in [0.25, 0.3) is 0 Å². The maximum atomic E-state index is 12.2. The van der Waals surface area contributed by atoms with Crippen molar-refractivity contribution >= 4 is 21.4 Å². The quantitative estimate of drug-likeness (QED) is 0.778. The molecule has 2 rings (SSSR count). The largest absolute Gasteiger partial charge is 0.390 e. The molecule has 0 bridgehead atoms. The Morgan fingerprint density at radius 2 is 2.24 bits per heavy atom. The molecule has 2 N–H and O–H groups in total. The summed E-state index contributed by atoms with van der Waals surface area (Å²) in [6, 6.07) is 5.47.